The summed E-state index contributed by atoms with van der Waals surface area (Å²) in [6, 6.07) is 0. The quantitative estimate of drug-likeness (QED) is 0.663. The largest absolute Gasteiger partial charge is 0.356 e. The normalized spacial score (nSPS) is 36.5. The van der Waals surface area contributed by atoms with Crippen molar-refractivity contribution in [3.63, 3.8) is 0 Å². The summed E-state index contributed by atoms with van der Waals surface area (Å²) in [5.74, 6) is -3.07. The summed E-state index contributed by atoms with van der Waals surface area (Å²) < 4.78 is 44.9. The fourth-order valence-electron chi connectivity index (χ4n) is 4.09. The van der Waals surface area contributed by atoms with Crippen LogP contribution in [0.15, 0.2) is 15.8 Å². The molecule has 10 nitrogen and oxygen atoms in total. The molecule has 1 aromatic rings. The minimum absolute atomic E-state index is 0.109. The van der Waals surface area contributed by atoms with Crippen LogP contribution in [0.3, 0.4) is 0 Å². The van der Waals surface area contributed by atoms with Crippen LogP contribution < -0.4 is 11.2 Å². The van der Waals surface area contributed by atoms with Gasteiger partial charge in [-0.15, -0.1) is 0 Å². The molecular formula is C20H29FN2O8. The van der Waals surface area contributed by atoms with Gasteiger partial charge in [0.15, 0.2) is 24.9 Å². The molecule has 3 aliphatic heterocycles. The number of rotatable bonds is 6. The van der Waals surface area contributed by atoms with E-state index in [1.165, 1.54) is 6.92 Å². The summed E-state index contributed by atoms with van der Waals surface area (Å²) in [6.07, 6.45) is 0.642. The van der Waals surface area contributed by atoms with Crippen LogP contribution >= 0.6 is 0 Å². The van der Waals surface area contributed by atoms with E-state index in [4.69, 9.17) is 23.7 Å². The molecule has 0 aliphatic carbocycles. The van der Waals surface area contributed by atoms with Crippen molar-refractivity contribution in [1.29, 1.82) is 0 Å². The molecule has 0 saturated carbocycles. The molecule has 4 heterocycles. The molecule has 4 rings (SSSR count). The zero-order valence-electron chi connectivity index (χ0n) is 17.5. The molecule has 1 aromatic heterocycles. The van der Waals surface area contributed by atoms with Crippen molar-refractivity contribution in [3.05, 3.63) is 32.6 Å². The second kappa shape index (κ2) is 9.47. The highest BCUT2D eigenvalue weighted by Gasteiger charge is 2.60. The number of alkyl halides is 1. The lowest BCUT2D eigenvalue weighted by atomic mass is 10.1. The minimum atomic E-state index is -3.07. The maximum atomic E-state index is 15.7. The number of aromatic amines is 1. The number of nitrogens with one attached hydrogen (secondary N) is 1. The number of nitrogens with zero attached hydrogens (tertiary/aromatic N) is 1. The topological polar surface area (TPSA) is 121 Å². The maximum absolute atomic E-state index is 15.7. The summed E-state index contributed by atoms with van der Waals surface area (Å²) in [5.41, 5.74) is -1.33. The van der Waals surface area contributed by atoms with E-state index in [2.05, 4.69) is 4.98 Å². The van der Waals surface area contributed by atoms with Crippen LogP contribution in [0.1, 0.15) is 50.3 Å². The number of H-pyrrole nitrogens is 1. The summed E-state index contributed by atoms with van der Waals surface area (Å²) in [6.45, 7) is 2.41. The predicted octanol–water partition coefficient (Wildman–Crippen LogP) is 0.856. The number of aliphatic hydroxyl groups is 1. The van der Waals surface area contributed by atoms with Gasteiger partial charge < -0.3 is 28.8 Å². The molecule has 31 heavy (non-hydrogen) atoms. The second-order valence-electron chi connectivity index (χ2n) is 8.22. The number of aryl methyl sites for hydroxylation is 1. The Bertz CT molecular complexity index is 859. The van der Waals surface area contributed by atoms with Gasteiger partial charge in [-0.2, -0.15) is 0 Å². The molecule has 0 aromatic carbocycles. The highest BCUT2D eigenvalue weighted by atomic mass is 19.2. The molecule has 2 unspecified atom stereocenters. The third kappa shape index (κ3) is 4.91. The standard InChI is InChI=1S/C20H29FN2O8/c1-12-10-23(19(25)22-17(12)24)18-20(21,26)16(31-15-7-3-5-9-28-15)13(30-18)11-29-14-6-2-4-8-27-14/h10,13-16,18,26H,2-9,11H2,1H3,(H,22,24,25)/t13-,14?,15?,16-,18-,20+/m1/s1. The van der Waals surface area contributed by atoms with Crippen molar-refractivity contribution >= 4 is 0 Å². The fraction of sp³-hybridized carbons (Fsp3) is 0.800. The van der Waals surface area contributed by atoms with E-state index < -0.39 is 48.1 Å². The molecule has 0 spiro atoms. The molecule has 2 N–H and O–H groups in total. The zero-order valence-corrected chi connectivity index (χ0v) is 17.5. The summed E-state index contributed by atoms with van der Waals surface area (Å²) in [4.78, 5) is 26.1. The average molecular weight is 444 g/mol. The van der Waals surface area contributed by atoms with Crippen LogP contribution in [0, 0.1) is 6.92 Å². The second-order valence-corrected chi connectivity index (χ2v) is 8.22. The lowest BCUT2D eigenvalue weighted by molar-refractivity contribution is -0.264. The van der Waals surface area contributed by atoms with Gasteiger partial charge >= 0.3 is 5.69 Å². The first-order valence-corrected chi connectivity index (χ1v) is 10.8. The van der Waals surface area contributed by atoms with E-state index in [1.807, 2.05) is 0 Å². The van der Waals surface area contributed by atoms with Crippen LogP contribution in [0.4, 0.5) is 4.39 Å². The first kappa shape index (κ1) is 22.6. The number of ether oxygens (including phenoxy) is 5. The Kier molecular flexibility index (Phi) is 6.89. The van der Waals surface area contributed by atoms with E-state index in [9.17, 15) is 14.7 Å². The van der Waals surface area contributed by atoms with E-state index >= 15 is 4.39 Å². The lowest BCUT2D eigenvalue weighted by Crippen LogP contribution is -2.49. The fourth-order valence-corrected chi connectivity index (χ4v) is 4.09. The molecule has 3 aliphatic rings. The highest BCUT2D eigenvalue weighted by molar-refractivity contribution is 5.05. The number of hydrogen-bond donors (Lipinski definition) is 2. The van der Waals surface area contributed by atoms with E-state index in [0.29, 0.717) is 26.1 Å². The van der Waals surface area contributed by atoms with Crippen LogP contribution in [0.2, 0.25) is 0 Å². The molecule has 0 amide bonds. The average Bonchev–Trinajstić information content (AvgIpc) is 3.00. The van der Waals surface area contributed by atoms with Crippen molar-refractivity contribution < 1.29 is 33.2 Å². The van der Waals surface area contributed by atoms with E-state index in [-0.39, 0.29) is 12.2 Å². The van der Waals surface area contributed by atoms with Crippen LogP contribution in [0.5, 0.6) is 0 Å². The molecule has 0 radical (unpaired) electrons. The SMILES string of the molecule is Cc1cn([C@@H]2O[C@H](COC3CCCCO3)[C@@H](OC3CCCCO3)[C@@]2(O)F)c(=O)[nH]c1=O. The smallest absolute Gasteiger partial charge is 0.330 e. The van der Waals surface area contributed by atoms with E-state index in [0.717, 1.165) is 36.4 Å². The summed E-state index contributed by atoms with van der Waals surface area (Å²) >= 11 is 0. The Hall–Kier alpha value is -1.63. The molecule has 11 heteroatoms. The van der Waals surface area contributed by atoms with Gasteiger partial charge in [0.25, 0.3) is 11.4 Å². The Morgan fingerprint density at radius 2 is 1.87 bits per heavy atom. The highest BCUT2D eigenvalue weighted by Crippen LogP contribution is 2.42. The third-order valence-corrected chi connectivity index (χ3v) is 5.81. The Balaban J connectivity index is 1.57. The van der Waals surface area contributed by atoms with Gasteiger partial charge in [-0.1, -0.05) is 0 Å². The van der Waals surface area contributed by atoms with Crippen LogP contribution in [-0.2, 0) is 23.7 Å². The zero-order chi connectivity index (χ0) is 22.0. The van der Waals surface area contributed by atoms with Crippen molar-refractivity contribution in [2.24, 2.45) is 0 Å². The third-order valence-electron chi connectivity index (χ3n) is 5.81. The van der Waals surface area contributed by atoms with Crippen molar-refractivity contribution in [3.8, 4) is 0 Å². The molecule has 3 saturated heterocycles. The molecule has 174 valence electrons. The molecular weight excluding hydrogens is 415 g/mol. The van der Waals surface area contributed by atoms with Gasteiger partial charge in [0.05, 0.1) is 6.61 Å². The van der Waals surface area contributed by atoms with Gasteiger partial charge in [0.1, 0.15) is 6.10 Å². The van der Waals surface area contributed by atoms with Crippen molar-refractivity contribution in [2.45, 2.75) is 82.3 Å². The number of aromatic nitrogens is 2. The number of halogens is 1. The molecule has 6 atom stereocenters. The van der Waals surface area contributed by atoms with Gasteiger partial charge in [0, 0.05) is 25.0 Å². The lowest BCUT2D eigenvalue weighted by Gasteiger charge is -2.32. The number of hydrogen-bond acceptors (Lipinski definition) is 8. The van der Waals surface area contributed by atoms with Crippen LogP contribution in [-0.4, -0.2) is 65.1 Å². The molecule has 0 bridgehead atoms. The van der Waals surface area contributed by atoms with Gasteiger partial charge in [0.2, 0.25) is 0 Å². The molecule has 3 fully saturated rings. The Morgan fingerprint density at radius 1 is 1.19 bits per heavy atom. The first-order chi connectivity index (χ1) is 14.9. The Labute approximate surface area is 178 Å². The van der Waals surface area contributed by atoms with E-state index in [1.54, 1.807) is 0 Å². The van der Waals surface area contributed by atoms with Crippen molar-refractivity contribution in [2.75, 3.05) is 19.8 Å². The van der Waals surface area contributed by atoms with Gasteiger partial charge in [-0.3, -0.25) is 14.3 Å². The monoisotopic (exact) mass is 444 g/mol. The first-order valence-electron chi connectivity index (χ1n) is 10.8. The maximum Gasteiger partial charge on any atom is 0.330 e. The minimum Gasteiger partial charge on any atom is -0.356 e. The summed E-state index contributed by atoms with van der Waals surface area (Å²) in [5, 5.41) is 10.8. The van der Waals surface area contributed by atoms with Gasteiger partial charge in [-0.05, 0) is 45.4 Å². The van der Waals surface area contributed by atoms with Gasteiger partial charge in [-0.25, -0.2) is 9.18 Å². The predicted molar refractivity (Wildman–Crippen MR) is 104 cm³/mol. The Morgan fingerprint density at radius 3 is 2.52 bits per heavy atom. The van der Waals surface area contributed by atoms with Crippen LogP contribution in [0.25, 0.3) is 0 Å². The van der Waals surface area contributed by atoms with Crippen molar-refractivity contribution in [1.82, 2.24) is 9.55 Å². The summed E-state index contributed by atoms with van der Waals surface area (Å²) in [7, 11) is 0.